The molecule has 0 aromatic heterocycles. The first-order valence-electron chi connectivity index (χ1n) is 6.21. The fraction of sp³-hybridized carbons (Fsp3) is 0.833. The molecule has 1 fully saturated rings. The van der Waals surface area contributed by atoms with Gasteiger partial charge in [-0.2, -0.15) is 0 Å². The lowest BCUT2D eigenvalue weighted by Crippen LogP contribution is -2.53. The molecule has 1 heterocycles. The number of rotatable bonds is 6. The second kappa shape index (κ2) is 6.00. The lowest BCUT2D eigenvalue weighted by atomic mass is 9.87. The Labute approximate surface area is 102 Å². The van der Waals surface area contributed by atoms with Crippen molar-refractivity contribution in [2.75, 3.05) is 13.1 Å². The van der Waals surface area contributed by atoms with E-state index in [-0.39, 0.29) is 17.7 Å². The summed E-state index contributed by atoms with van der Waals surface area (Å²) < 4.78 is 0. The highest BCUT2D eigenvalue weighted by atomic mass is 16.4. The van der Waals surface area contributed by atoms with E-state index in [1.807, 2.05) is 20.8 Å². The SMILES string of the molecule is CC[C@H](C)[C@H](NC(=O)C(C)C1CNC1)C(=O)O. The molecule has 1 aliphatic heterocycles. The molecule has 1 aliphatic rings. The molecule has 17 heavy (non-hydrogen) atoms. The zero-order chi connectivity index (χ0) is 13.0. The molecule has 0 saturated carbocycles. The summed E-state index contributed by atoms with van der Waals surface area (Å²) in [6, 6.07) is -0.775. The maximum absolute atomic E-state index is 11.9. The van der Waals surface area contributed by atoms with Crippen LogP contribution in [0.2, 0.25) is 0 Å². The summed E-state index contributed by atoms with van der Waals surface area (Å²) in [5, 5.41) is 14.8. The standard InChI is InChI=1S/C12H22N2O3/c1-4-7(2)10(12(16)17)14-11(15)8(3)9-5-13-6-9/h7-10,13H,4-6H2,1-3H3,(H,14,15)(H,16,17)/t7-,8?,10-/m0/s1. The zero-order valence-corrected chi connectivity index (χ0v) is 10.7. The Hall–Kier alpha value is -1.10. The third kappa shape index (κ3) is 3.43. The number of nitrogens with one attached hydrogen (secondary N) is 2. The summed E-state index contributed by atoms with van der Waals surface area (Å²) in [6.45, 7) is 7.31. The summed E-state index contributed by atoms with van der Waals surface area (Å²) in [5.41, 5.74) is 0. The van der Waals surface area contributed by atoms with Gasteiger partial charge in [0.25, 0.3) is 0 Å². The molecule has 0 spiro atoms. The van der Waals surface area contributed by atoms with Gasteiger partial charge in [0.1, 0.15) is 6.04 Å². The quantitative estimate of drug-likeness (QED) is 0.632. The first kappa shape index (κ1) is 14.0. The van der Waals surface area contributed by atoms with Gasteiger partial charge in [-0.3, -0.25) is 4.79 Å². The summed E-state index contributed by atoms with van der Waals surface area (Å²) in [7, 11) is 0. The molecule has 1 unspecified atom stereocenters. The van der Waals surface area contributed by atoms with E-state index in [4.69, 9.17) is 5.11 Å². The Morgan fingerprint density at radius 3 is 2.35 bits per heavy atom. The number of hydrogen-bond acceptors (Lipinski definition) is 3. The summed E-state index contributed by atoms with van der Waals surface area (Å²) in [5.74, 6) is -0.942. The van der Waals surface area contributed by atoms with E-state index >= 15 is 0 Å². The minimum absolute atomic E-state index is 0.0526. The average Bonchev–Trinajstić information content (AvgIpc) is 2.21. The number of carbonyl (C=O) groups is 2. The average molecular weight is 242 g/mol. The molecule has 0 bridgehead atoms. The van der Waals surface area contributed by atoms with Crippen molar-refractivity contribution >= 4 is 11.9 Å². The predicted molar refractivity (Wildman–Crippen MR) is 64.5 cm³/mol. The van der Waals surface area contributed by atoms with Crippen molar-refractivity contribution in [2.45, 2.75) is 33.2 Å². The smallest absolute Gasteiger partial charge is 0.326 e. The van der Waals surface area contributed by atoms with Crippen LogP contribution in [0.15, 0.2) is 0 Å². The van der Waals surface area contributed by atoms with Crippen LogP contribution in [0.25, 0.3) is 0 Å². The highest BCUT2D eigenvalue weighted by Gasteiger charge is 2.32. The van der Waals surface area contributed by atoms with Crippen LogP contribution in [0, 0.1) is 17.8 Å². The van der Waals surface area contributed by atoms with E-state index in [0.717, 1.165) is 19.5 Å². The van der Waals surface area contributed by atoms with Crippen LogP contribution in [-0.4, -0.2) is 36.1 Å². The number of carbonyl (C=O) groups excluding carboxylic acids is 1. The van der Waals surface area contributed by atoms with Crippen LogP contribution in [0.5, 0.6) is 0 Å². The van der Waals surface area contributed by atoms with E-state index in [9.17, 15) is 9.59 Å². The Bertz CT molecular complexity index is 289. The number of amides is 1. The highest BCUT2D eigenvalue weighted by molar-refractivity contribution is 5.85. The molecule has 0 radical (unpaired) electrons. The molecular formula is C12H22N2O3. The van der Waals surface area contributed by atoms with Gasteiger partial charge >= 0.3 is 5.97 Å². The van der Waals surface area contributed by atoms with Crippen LogP contribution in [-0.2, 0) is 9.59 Å². The van der Waals surface area contributed by atoms with Gasteiger partial charge in [-0.1, -0.05) is 27.2 Å². The number of aliphatic carboxylic acids is 1. The number of carboxylic acid groups (broad SMARTS) is 1. The van der Waals surface area contributed by atoms with Crippen molar-refractivity contribution in [1.29, 1.82) is 0 Å². The molecule has 5 heteroatoms. The Kier molecular flexibility index (Phi) is 4.93. The van der Waals surface area contributed by atoms with Crippen molar-refractivity contribution in [2.24, 2.45) is 17.8 Å². The van der Waals surface area contributed by atoms with Crippen molar-refractivity contribution < 1.29 is 14.7 Å². The van der Waals surface area contributed by atoms with Gasteiger partial charge in [0.15, 0.2) is 0 Å². The van der Waals surface area contributed by atoms with Crippen LogP contribution < -0.4 is 10.6 Å². The first-order valence-corrected chi connectivity index (χ1v) is 6.21. The molecule has 3 N–H and O–H groups in total. The fourth-order valence-corrected chi connectivity index (χ4v) is 1.85. The molecular weight excluding hydrogens is 220 g/mol. The molecule has 1 rings (SSSR count). The van der Waals surface area contributed by atoms with E-state index in [1.165, 1.54) is 0 Å². The second-order valence-electron chi connectivity index (χ2n) is 4.92. The van der Waals surface area contributed by atoms with Crippen molar-refractivity contribution in [3.63, 3.8) is 0 Å². The number of hydrogen-bond donors (Lipinski definition) is 3. The monoisotopic (exact) mass is 242 g/mol. The predicted octanol–water partition coefficient (Wildman–Crippen LogP) is 0.457. The largest absolute Gasteiger partial charge is 0.480 e. The summed E-state index contributed by atoms with van der Waals surface area (Å²) >= 11 is 0. The maximum atomic E-state index is 11.9. The topological polar surface area (TPSA) is 78.4 Å². The second-order valence-corrected chi connectivity index (χ2v) is 4.92. The molecule has 0 aromatic carbocycles. The normalized spacial score (nSPS) is 21.1. The minimum Gasteiger partial charge on any atom is -0.480 e. The van der Waals surface area contributed by atoms with E-state index < -0.39 is 12.0 Å². The van der Waals surface area contributed by atoms with Gasteiger partial charge < -0.3 is 15.7 Å². The van der Waals surface area contributed by atoms with Gasteiger partial charge in [-0.25, -0.2) is 4.79 Å². The van der Waals surface area contributed by atoms with Crippen LogP contribution in [0.1, 0.15) is 27.2 Å². The Morgan fingerprint density at radius 2 is 2.00 bits per heavy atom. The number of carboxylic acids is 1. The van der Waals surface area contributed by atoms with Crippen LogP contribution >= 0.6 is 0 Å². The fourth-order valence-electron chi connectivity index (χ4n) is 1.85. The Morgan fingerprint density at radius 1 is 1.41 bits per heavy atom. The minimum atomic E-state index is -0.952. The van der Waals surface area contributed by atoms with Crippen molar-refractivity contribution in [3.8, 4) is 0 Å². The first-order chi connectivity index (χ1) is 7.97. The molecule has 1 amide bonds. The molecule has 5 nitrogen and oxygen atoms in total. The van der Waals surface area contributed by atoms with Gasteiger partial charge in [0.05, 0.1) is 0 Å². The lowest BCUT2D eigenvalue weighted by Gasteiger charge is -2.32. The van der Waals surface area contributed by atoms with Gasteiger partial charge in [-0.05, 0) is 24.9 Å². The molecule has 3 atom stereocenters. The Balaban J connectivity index is 2.53. The van der Waals surface area contributed by atoms with Crippen molar-refractivity contribution in [3.05, 3.63) is 0 Å². The van der Waals surface area contributed by atoms with Gasteiger partial charge in [-0.15, -0.1) is 0 Å². The van der Waals surface area contributed by atoms with E-state index in [1.54, 1.807) is 0 Å². The van der Waals surface area contributed by atoms with Crippen LogP contribution in [0.4, 0.5) is 0 Å². The third-order valence-electron chi connectivity index (χ3n) is 3.71. The zero-order valence-electron chi connectivity index (χ0n) is 10.7. The summed E-state index contributed by atoms with van der Waals surface area (Å²) in [6.07, 6.45) is 0.733. The maximum Gasteiger partial charge on any atom is 0.326 e. The van der Waals surface area contributed by atoms with Gasteiger partial charge in [0.2, 0.25) is 5.91 Å². The summed E-state index contributed by atoms with van der Waals surface area (Å²) in [4.78, 5) is 23.0. The van der Waals surface area contributed by atoms with E-state index in [0.29, 0.717) is 5.92 Å². The molecule has 98 valence electrons. The molecule has 1 saturated heterocycles. The van der Waals surface area contributed by atoms with Crippen molar-refractivity contribution in [1.82, 2.24) is 10.6 Å². The molecule has 0 aliphatic carbocycles. The highest BCUT2D eigenvalue weighted by Crippen LogP contribution is 2.17. The molecule has 0 aromatic rings. The van der Waals surface area contributed by atoms with Crippen LogP contribution in [0.3, 0.4) is 0 Å². The van der Waals surface area contributed by atoms with Gasteiger partial charge in [0, 0.05) is 5.92 Å². The van der Waals surface area contributed by atoms with E-state index in [2.05, 4.69) is 10.6 Å². The third-order valence-corrected chi connectivity index (χ3v) is 3.71. The lowest BCUT2D eigenvalue weighted by molar-refractivity contribution is -0.144.